The van der Waals surface area contributed by atoms with Crippen LogP contribution in [-0.4, -0.2) is 25.5 Å². The van der Waals surface area contributed by atoms with Gasteiger partial charge in [-0.25, -0.2) is 0 Å². The van der Waals surface area contributed by atoms with E-state index in [4.69, 9.17) is 0 Å². The van der Waals surface area contributed by atoms with E-state index in [1.165, 1.54) is 16.8 Å². The van der Waals surface area contributed by atoms with Crippen LogP contribution in [0.1, 0.15) is 37.0 Å². The molecule has 2 aromatic carbocycles. The Bertz CT molecular complexity index is 731. The van der Waals surface area contributed by atoms with Crippen molar-refractivity contribution in [3.05, 3.63) is 53.1 Å². The van der Waals surface area contributed by atoms with Gasteiger partial charge in [0.2, 0.25) is 5.91 Å². The average Bonchev–Trinajstić information content (AvgIpc) is 2.61. The SMILES string of the molecule is CCN(CC)c1ccc(NC(=O)CCNc2c(C)cccc2C)c(C)c1. The molecular weight excluding hydrogens is 322 g/mol. The zero-order valence-corrected chi connectivity index (χ0v) is 16.6. The normalized spacial score (nSPS) is 10.5. The van der Waals surface area contributed by atoms with Crippen molar-refractivity contribution in [2.75, 3.05) is 35.2 Å². The van der Waals surface area contributed by atoms with E-state index in [1.54, 1.807) is 0 Å². The number of hydrogen-bond acceptors (Lipinski definition) is 3. The van der Waals surface area contributed by atoms with Crippen LogP contribution in [0.4, 0.5) is 17.1 Å². The van der Waals surface area contributed by atoms with Gasteiger partial charge in [0.25, 0.3) is 0 Å². The minimum atomic E-state index is 0.0300. The Morgan fingerprint density at radius 1 is 0.962 bits per heavy atom. The summed E-state index contributed by atoms with van der Waals surface area (Å²) in [5.41, 5.74) is 6.70. The smallest absolute Gasteiger partial charge is 0.226 e. The van der Waals surface area contributed by atoms with Crippen LogP contribution in [0, 0.1) is 20.8 Å². The zero-order chi connectivity index (χ0) is 19.1. The van der Waals surface area contributed by atoms with Gasteiger partial charge in [0.1, 0.15) is 0 Å². The molecule has 2 N–H and O–H groups in total. The summed E-state index contributed by atoms with van der Waals surface area (Å²) in [6.45, 7) is 13.1. The van der Waals surface area contributed by atoms with Crippen molar-refractivity contribution in [2.24, 2.45) is 0 Å². The summed E-state index contributed by atoms with van der Waals surface area (Å²) >= 11 is 0. The lowest BCUT2D eigenvalue weighted by molar-refractivity contribution is -0.115. The Balaban J connectivity index is 1.91. The quantitative estimate of drug-likeness (QED) is 0.709. The van der Waals surface area contributed by atoms with Crippen molar-refractivity contribution in [2.45, 2.75) is 41.0 Å². The number of carbonyl (C=O) groups excluding carboxylic acids is 1. The third-order valence-corrected chi connectivity index (χ3v) is 4.75. The maximum atomic E-state index is 12.3. The number of amides is 1. The monoisotopic (exact) mass is 353 g/mol. The largest absolute Gasteiger partial charge is 0.384 e. The van der Waals surface area contributed by atoms with Crippen LogP contribution in [0.5, 0.6) is 0 Å². The van der Waals surface area contributed by atoms with Crippen molar-refractivity contribution in [3.63, 3.8) is 0 Å². The van der Waals surface area contributed by atoms with Crippen molar-refractivity contribution in [1.29, 1.82) is 0 Å². The van der Waals surface area contributed by atoms with Gasteiger partial charge in [0.05, 0.1) is 0 Å². The van der Waals surface area contributed by atoms with Gasteiger partial charge in [-0.05, 0) is 69.5 Å². The third-order valence-electron chi connectivity index (χ3n) is 4.75. The number of aryl methyl sites for hydroxylation is 3. The fraction of sp³-hybridized carbons (Fsp3) is 0.409. The second-order valence-electron chi connectivity index (χ2n) is 6.66. The van der Waals surface area contributed by atoms with E-state index in [0.717, 1.165) is 30.0 Å². The summed E-state index contributed by atoms with van der Waals surface area (Å²) in [6, 6.07) is 12.4. The number of benzene rings is 2. The molecule has 1 amide bonds. The summed E-state index contributed by atoms with van der Waals surface area (Å²) in [6.07, 6.45) is 0.436. The van der Waals surface area contributed by atoms with Gasteiger partial charge in [0, 0.05) is 43.1 Å². The first-order valence-electron chi connectivity index (χ1n) is 9.41. The first-order chi connectivity index (χ1) is 12.5. The van der Waals surface area contributed by atoms with Gasteiger partial charge in [-0.3, -0.25) is 4.79 Å². The fourth-order valence-electron chi connectivity index (χ4n) is 3.18. The molecule has 0 saturated carbocycles. The molecule has 0 fully saturated rings. The van der Waals surface area contributed by atoms with Crippen LogP contribution >= 0.6 is 0 Å². The molecule has 0 spiro atoms. The molecule has 0 radical (unpaired) electrons. The Morgan fingerprint density at radius 3 is 2.19 bits per heavy atom. The maximum Gasteiger partial charge on any atom is 0.226 e. The van der Waals surface area contributed by atoms with Crippen molar-refractivity contribution in [1.82, 2.24) is 0 Å². The van der Waals surface area contributed by atoms with Crippen molar-refractivity contribution < 1.29 is 4.79 Å². The van der Waals surface area contributed by atoms with Crippen LogP contribution in [0.3, 0.4) is 0 Å². The number of rotatable bonds is 8. The molecule has 140 valence electrons. The fourth-order valence-corrected chi connectivity index (χ4v) is 3.18. The van der Waals surface area contributed by atoms with Crippen LogP contribution in [0.25, 0.3) is 0 Å². The van der Waals surface area contributed by atoms with E-state index < -0.39 is 0 Å². The summed E-state index contributed by atoms with van der Waals surface area (Å²) in [7, 11) is 0. The molecule has 26 heavy (non-hydrogen) atoms. The number of carbonyl (C=O) groups is 1. The lowest BCUT2D eigenvalue weighted by atomic mass is 10.1. The summed E-state index contributed by atoms with van der Waals surface area (Å²) in [5, 5.41) is 6.41. The Morgan fingerprint density at radius 2 is 1.62 bits per heavy atom. The van der Waals surface area contributed by atoms with Crippen molar-refractivity contribution in [3.8, 4) is 0 Å². The van der Waals surface area contributed by atoms with Gasteiger partial charge in [-0.15, -0.1) is 0 Å². The van der Waals surface area contributed by atoms with Crippen LogP contribution in [-0.2, 0) is 4.79 Å². The molecule has 0 aliphatic carbocycles. The van der Waals surface area contributed by atoms with E-state index >= 15 is 0 Å². The lowest BCUT2D eigenvalue weighted by Gasteiger charge is -2.22. The molecular formula is C22H31N3O. The molecule has 4 heteroatoms. The molecule has 2 rings (SSSR count). The highest BCUT2D eigenvalue weighted by atomic mass is 16.1. The molecule has 0 aliphatic rings. The molecule has 0 unspecified atom stereocenters. The van der Waals surface area contributed by atoms with Crippen LogP contribution in [0.15, 0.2) is 36.4 Å². The van der Waals surface area contributed by atoms with Gasteiger partial charge in [-0.1, -0.05) is 18.2 Å². The first-order valence-corrected chi connectivity index (χ1v) is 9.41. The second-order valence-corrected chi connectivity index (χ2v) is 6.66. The van der Waals surface area contributed by atoms with Gasteiger partial charge >= 0.3 is 0 Å². The molecule has 0 aliphatic heterocycles. The van der Waals surface area contributed by atoms with Gasteiger partial charge < -0.3 is 15.5 Å². The number of nitrogens with zero attached hydrogens (tertiary/aromatic N) is 1. The summed E-state index contributed by atoms with van der Waals surface area (Å²) in [5.74, 6) is 0.0300. The van der Waals surface area contributed by atoms with Crippen LogP contribution in [0.2, 0.25) is 0 Å². The topological polar surface area (TPSA) is 44.4 Å². The molecule has 0 atom stereocenters. The Hall–Kier alpha value is -2.49. The highest BCUT2D eigenvalue weighted by Crippen LogP contribution is 2.23. The first kappa shape index (κ1) is 19.8. The zero-order valence-electron chi connectivity index (χ0n) is 16.6. The van der Waals surface area contributed by atoms with Crippen molar-refractivity contribution >= 4 is 23.0 Å². The number of nitrogens with one attached hydrogen (secondary N) is 2. The third kappa shape index (κ3) is 5.01. The van der Waals surface area contributed by atoms with Crippen LogP contribution < -0.4 is 15.5 Å². The minimum absolute atomic E-state index is 0.0300. The molecule has 0 bridgehead atoms. The van der Waals surface area contributed by atoms with Gasteiger partial charge in [-0.2, -0.15) is 0 Å². The minimum Gasteiger partial charge on any atom is -0.384 e. The predicted octanol–water partition coefficient (Wildman–Crippen LogP) is 4.90. The van der Waals surface area contributed by atoms with E-state index in [2.05, 4.69) is 67.5 Å². The second kappa shape index (κ2) is 9.27. The van der Waals surface area contributed by atoms with E-state index in [-0.39, 0.29) is 5.91 Å². The van der Waals surface area contributed by atoms with Gasteiger partial charge in [0.15, 0.2) is 0 Å². The average molecular weight is 354 g/mol. The lowest BCUT2D eigenvalue weighted by Crippen LogP contribution is -2.22. The number of anilines is 3. The molecule has 2 aromatic rings. The molecule has 4 nitrogen and oxygen atoms in total. The summed E-state index contributed by atoms with van der Waals surface area (Å²) in [4.78, 5) is 14.6. The standard InChI is InChI=1S/C22H31N3O/c1-6-25(7-2)19-11-12-20(18(5)15-19)24-21(26)13-14-23-22-16(3)9-8-10-17(22)4/h8-12,15,23H,6-7,13-14H2,1-5H3,(H,24,26). The van der Waals surface area contributed by atoms with E-state index in [1.807, 2.05) is 19.1 Å². The number of para-hydroxylation sites is 1. The highest BCUT2D eigenvalue weighted by molar-refractivity contribution is 5.92. The molecule has 0 heterocycles. The van der Waals surface area contributed by atoms with E-state index in [9.17, 15) is 4.79 Å². The highest BCUT2D eigenvalue weighted by Gasteiger charge is 2.08. The maximum absolute atomic E-state index is 12.3. The predicted molar refractivity (Wildman–Crippen MR) is 112 cm³/mol. The van der Waals surface area contributed by atoms with E-state index in [0.29, 0.717) is 13.0 Å². The number of hydrogen-bond donors (Lipinski definition) is 2. The molecule has 0 aromatic heterocycles. The molecule has 0 saturated heterocycles. The summed E-state index contributed by atoms with van der Waals surface area (Å²) < 4.78 is 0. The Labute approximate surface area is 157 Å². The Kier molecular flexibility index (Phi) is 7.07.